The van der Waals surface area contributed by atoms with Gasteiger partial charge in [-0.3, -0.25) is 0 Å². The van der Waals surface area contributed by atoms with E-state index < -0.39 is 11.6 Å². The SMILES string of the molecule is CCCc1nc(NC)cc(-c2c(F)ccc(C)c2F)n1. The van der Waals surface area contributed by atoms with E-state index in [1.807, 2.05) is 6.92 Å². The first kappa shape index (κ1) is 14.4. The summed E-state index contributed by atoms with van der Waals surface area (Å²) in [5.74, 6) is -0.0575. The Morgan fingerprint density at radius 2 is 1.95 bits per heavy atom. The standard InChI is InChI=1S/C15H17F2N3/c1-4-5-12-19-11(8-13(18-3)20-12)14-10(16)7-6-9(2)15(14)17/h6-8H,4-5H2,1-3H3,(H,18,19,20). The van der Waals surface area contributed by atoms with Crippen molar-refractivity contribution in [3.05, 3.63) is 41.2 Å². The third-order valence-corrected chi connectivity index (χ3v) is 3.04. The lowest BCUT2D eigenvalue weighted by Crippen LogP contribution is -2.04. The smallest absolute Gasteiger partial charge is 0.138 e. The molecule has 2 rings (SSSR count). The average Bonchev–Trinajstić information content (AvgIpc) is 2.43. The summed E-state index contributed by atoms with van der Waals surface area (Å²) in [6.07, 6.45) is 1.53. The Balaban J connectivity index is 2.63. The molecule has 0 saturated carbocycles. The van der Waals surface area contributed by atoms with Gasteiger partial charge in [-0.2, -0.15) is 0 Å². The van der Waals surface area contributed by atoms with E-state index in [1.165, 1.54) is 12.1 Å². The van der Waals surface area contributed by atoms with Crippen LogP contribution >= 0.6 is 0 Å². The first-order chi connectivity index (χ1) is 9.56. The second-order valence-corrected chi connectivity index (χ2v) is 4.61. The number of rotatable bonds is 4. The predicted octanol–water partition coefficient (Wildman–Crippen LogP) is 3.72. The molecule has 1 N–H and O–H groups in total. The highest BCUT2D eigenvalue weighted by atomic mass is 19.1. The van der Waals surface area contributed by atoms with Gasteiger partial charge in [0, 0.05) is 19.5 Å². The maximum Gasteiger partial charge on any atom is 0.138 e. The van der Waals surface area contributed by atoms with Crippen LogP contribution in [0.5, 0.6) is 0 Å². The predicted molar refractivity (Wildman–Crippen MR) is 75.7 cm³/mol. The number of aryl methyl sites for hydroxylation is 2. The molecule has 0 amide bonds. The summed E-state index contributed by atoms with van der Waals surface area (Å²) in [5, 5.41) is 2.89. The molecule has 0 atom stereocenters. The molecular weight excluding hydrogens is 260 g/mol. The van der Waals surface area contributed by atoms with Crippen molar-refractivity contribution in [2.75, 3.05) is 12.4 Å². The molecule has 0 fully saturated rings. The average molecular weight is 277 g/mol. The van der Waals surface area contributed by atoms with Gasteiger partial charge >= 0.3 is 0 Å². The minimum absolute atomic E-state index is 0.0961. The molecule has 1 aromatic heterocycles. The highest BCUT2D eigenvalue weighted by Crippen LogP contribution is 2.28. The normalized spacial score (nSPS) is 10.7. The first-order valence-electron chi connectivity index (χ1n) is 6.57. The van der Waals surface area contributed by atoms with Crippen molar-refractivity contribution in [2.24, 2.45) is 0 Å². The molecule has 0 spiro atoms. The van der Waals surface area contributed by atoms with Gasteiger partial charge in [0.25, 0.3) is 0 Å². The molecule has 0 aliphatic heterocycles. The number of hydrogen-bond acceptors (Lipinski definition) is 3. The highest BCUT2D eigenvalue weighted by Gasteiger charge is 2.16. The molecule has 2 aromatic rings. The largest absolute Gasteiger partial charge is 0.373 e. The van der Waals surface area contributed by atoms with Crippen LogP contribution in [0.4, 0.5) is 14.6 Å². The van der Waals surface area contributed by atoms with Crippen LogP contribution in [-0.2, 0) is 6.42 Å². The topological polar surface area (TPSA) is 37.8 Å². The summed E-state index contributed by atoms with van der Waals surface area (Å²) in [6, 6.07) is 4.23. The van der Waals surface area contributed by atoms with Crippen LogP contribution in [-0.4, -0.2) is 17.0 Å². The second-order valence-electron chi connectivity index (χ2n) is 4.61. The van der Waals surface area contributed by atoms with Crippen molar-refractivity contribution in [2.45, 2.75) is 26.7 Å². The molecule has 3 nitrogen and oxygen atoms in total. The Labute approximate surface area is 117 Å². The van der Waals surface area contributed by atoms with E-state index in [0.717, 1.165) is 6.42 Å². The zero-order valence-corrected chi connectivity index (χ0v) is 11.8. The van der Waals surface area contributed by atoms with Gasteiger partial charge in [0.05, 0.1) is 11.3 Å². The van der Waals surface area contributed by atoms with E-state index in [0.29, 0.717) is 23.6 Å². The highest BCUT2D eigenvalue weighted by molar-refractivity contribution is 5.64. The fourth-order valence-corrected chi connectivity index (χ4v) is 1.98. The van der Waals surface area contributed by atoms with Gasteiger partial charge in [-0.15, -0.1) is 0 Å². The molecule has 0 radical (unpaired) electrons. The minimum atomic E-state index is -0.615. The third kappa shape index (κ3) is 2.76. The van der Waals surface area contributed by atoms with Gasteiger partial charge in [0.15, 0.2) is 0 Å². The van der Waals surface area contributed by atoms with Crippen LogP contribution in [0.3, 0.4) is 0 Å². The van der Waals surface area contributed by atoms with Crippen LogP contribution in [0.15, 0.2) is 18.2 Å². The molecule has 0 saturated heterocycles. The molecule has 0 unspecified atom stereocenters. The quantitative estimate of drug-likeness (QED) is 0.925. The zero-order valence-electron chi connectivity index (χ0n) is 11.8. The lowest BCUT2D eigenvalue weighted by Gasteiger charge is -2.10. The van der Waals surface area contributed by atoms with Crippen molar-refractivity contribution < 1.29 is 8.78 Å². The Hall–Kier alpha value is -2.04. The van der Waals surface area contributed by atoms with Gasteiger partial charge in [-0.25, -0.2) is 18.7 Å². The number of anilines is 1. The molecule has 0 aliphatic rings. The summed E-state index contributed by atoms with van der Waals surface area (Å²) in [6.45, 7) is 3.61. The number of nitrogens with zero attached hydrogens (tertiary/aromatic N) is 2. The maximum absolute atomic E-state index is 14.2. The molecule has 106 valence electrons. The lowest BCUT2D eigenvalue weighted by atomic mass is 10.1. The van der Waals surface area contributed by atoms with E-state index in [9.17, 15) is 8.78 Å². The van der Waals surface area contributed by atoms with E-state index in [-0.39, 0.29) is 11.3 Å². The number of halogens is 2. The lowest BCUT2D eigenvalue weighted by molar-refractivity contribution is 0.582. The van der Waals surface area contributed by atoms with Crippen LogP contribution in [0.25, 0.3) is 11.3 Å². The Morgan fingerprint density at radius 1 is 1.20 bits per heavy atom. The second kappa shape index (κ2) is 5.94. The van der Waals surface area contributed by atoms with Gasteiger partial charge < -0.3 is 5.32 Å². The van der Waals surface area contributed by atoms with Gasteiger partial charge in [0.2, 0.25) is 0 Å². The Morgan fingerprint density at radius 3 is 2.60 bits per heavy atom. The monoisotopic (exact) mass is 277 g/mol. The maximum atomic E-state index is 14.2. The van der Waals surface area contributed by atoms with Gasteiger partial charge in [-0.1, -0.05) is 13.0 Å². The fraction of sp³-hybridized carbons (Fsp3) is 0.333. The van der Waals surface area contributed by atoms with Crippen molar-refractivity contribution in [1.82, 2.24) is 9.97 Å². The summed E-state index contributed by atoms with van der Waals surface area (Å²) >= 11 is 0. The van der Waals surface area contributed by atoms with Gasteiger partial charge in [-0.05, 0) is 25.0 Å². The van der Waals surface area contributed by atoms with Crippen LogP contribution in [0.2, 0.25) is 0 Å². The van der Waals surface area contributed by atoms with Crippen LogP contribution in [0, 0.1) is 18.6 Å². The van der Waals surface area contributed by atoms with Crippen molar-refractivity contribution >= 4 is 5.82 Å². The molecular formula is C15H17F2N3. The zero-order chi connectivity index (χ0) is 14.7. The molecule has 5 heteroatoms. The molecule has 1 heterocycles. The van der Waals surface area contributed by atoms with Crippen molar-refractivity contribution in [1.29, 1.82) is 0 Å². The molecule has 0 bridgehead atoms. The summed E-state index contributed by atoms with van der Waals surface area (Å²) < 4.78 is 28.1. The Bertz CT molecular complexity index is 627. The fourth-order valence-electron chi connectivity index (χ4n) is 1.98. The van der Waals surface area contributed by atoms with E-state index in [4.69, 9.17) is 0 Å². The van der Waals surface area contributed by atoms with Crippen molar-refractivity contribution in [3.63, 3.8) is 0 Å². The number of hydrogen-bond donors (Lipinski definition) is 1. The molecule has 1 aromatic carbocycles. The summed E-state index contributed by atoms with van der Waals surface area (Å²) in [7, 11) is 1.71. The van der Waals surface area contributed by atoms with Crippen LogP contribution in [0.1, 0.15) is 24.7 Å². The Kier molecular flexibility index (Phi) is 4.27. The van der Waals surface area contributed by atoms with E-state index >= 15 is 0 Å². The summed E-state index contributed by atoms with van der Waals surface area (Å²) in [4.78, 5) is 8.55. The minimum Gasteiger partial charge on any atom is -0.373 e. The van der Waals surface area contributed by atoms with E-state index in [2.05, 4.69) is 15.3 Å². The van der Waals surface area contributed by atoms with E-state index in [1.54, 1.807) is 20.0 Å². The van der Waals surface area contributed by atoms with Crippen LogP contribution < -0.4 is 5.32 Å². The molecule has 20 heavy (non-hydrogen) atoms. The first-order valence-corrected chi connectivity index (χ1v) is 6.57. The number of aromatic nitrogens is 2. The summed E-state index contributed by atoms with van der Waals surface area (Å²) in [5.41, 5.74) is 0.566. The third-order valence-electron chi connectivity index (χ3n) is 3.04. The van der Waals surface area contributed by atoms with Gasteiger partial charge in [0.1, 0.15) is 23.3 Å². The number of benzene rings is 1. The molecule has 0 aliphatic carbocycles. The number of nitrogens with one attached hydrogen (secondary N) is 1. The van der Waals surface area contributed by atoms with Crippen molar-refractivity contribution in [3.8, 4) is 11.3 Å².